The van der Waals surface area contributed by atoms with Gasteiger partial charge >= 0.3 is 12.1 Å². The Labute approximate surface area is 109 Å². The van der Waals surface area contributed by atoms with Crippen LogP contribution in [0, 0.1) is 5.92 Å². The number of hydrogen-bond acceptors (Lipinski definition) is 3. The molecule has 0 aromatic carbocycles. The van der Waals surface area contributed by atoms with E-state index in [9.17, 15) is 18.4 Å². The number of carbonyl (C=O) groups excluding carboxylic acids is 1. The van der Waals surface area contributed by atoms with Crippen LogP contribution in [0.2, 0.25) is 0 Å². The molecule has 1 amide bonds. The monoisotopic (exact) mass is 277 g/mol. The third kappa shape index (κ3) is 2.37. The number of carboxylic acids is 1. The molecule has 3 atom stereocenters. The SMILES string of the molecule is CC(C)(C)OC(=O)N1[C@H](C(=O)O)[C@@H]2C[C@H]1C(F)(F)C2. The van der Waals surface area contributed by atoms with Crippen molar-refractivity contribution in [2.75, 3.05) is 0 Å². The quantitative estimate of drug-likeness (QED) is 0.797. The van der Waals surface area contributed by atoms with Gasteiger partial charge in [-0.2, -0.15) is 0 Å². The van der Waals surface area contributed by atoms with Crippen molar-refractivity contribution in [3.8, 4) is 0 Å². The molecule has 1 aliphatic heterocycles. The van der Waals surface area contributed by atoms with Crippen LogP contribution in [0.5, 0.6) is 0 Å². The molecule has 0 unspecified atom stereocenters. The number of alkyl halides is 2. The molecular formula is C12H17F2NO4. The third-order valence-corrected chi connectivity index (χ3v) is 3.49. The van der Waals surface area contributed by atoms with Crippen molar-refractivity contribution in [2.45, 2.75) is 57.2 Å². The maximum absolute atomic E-state index is 13.7. The number of carbonyl (C=O) groups is 2. The minimum atomic E-state index is -3.03. The molecular weight excluding hydrogens is 260 g/mol. The van der Waals surface area contributed by atoms with Crippen molar-refractivity contribution in [1.29, 1.82) is 0 Å². The van der Waals surface area contributed by atoms with E-state index in [1.54, 1.807) is 20.8 Å². The Morgan fingerprint density at radius 3 is 2.42 bits per heavy atom. The Morgan fingerprint density at radius 1 is 1.37 bits per heavy atom. The number of hydrogen-bond donors (Lipinski definition) is 1. The van der Waals surface area contributed by atoms with Crippen LogP contribution in [-0.2, 0) is 9.53 Å². The average molecular weight is 277 g/mol. The van der Waals surface area contributed by atoms with E-state index in [-0.39, 0.29) is 6.42 Å². The van der Waals surface area contributed by atoms with Gasteiger partial charge in [-0.3, -0.25) is 4.90 Å². The highest BCUT2D eigenvalue weighted by Gasteiger charge is 2.65. The lowest BCUT2D eigenvalue weighted by molar-refractivity contribution is -0.152. The van der Waals surface area contributed by atoms with Gasteiger partial charge in [-0.1, -0.05) is 0 Å². The number of nitrogens with zero attached hydrogens (tertiary/aromatic N) is 1. The number of aliphatic carboxylic acids is 1. The number of amides is 1. The average Bonchev–Trinajstić information content (AvgIpc) is 2.66. The Balaban J connectivity index is 2.25. The van der Waals surface area contributed by atoms with E-state index in [1.165, 1.54) is 0 Å². The van der Waals surface area contributed by atoms with E-state index in [0.717, 1.165) is 0 Å². The minimum absolute atomic E-state index is 0.0171. The van der Waals surface area contributed by atoms with E-state index in [0.29, 0.717) is 4.90 Å². The number of likely N-dealkylation sites (tertiary alicyclic amines) is 1. The van der Waals surface area contributed by atoms with E-state index in [4.69, 9.17) is 9.84 Å². The summed E-state index contributed by atoms with van der Waals surface area (Å²) < 4.78 is 32.4. The van der Waals surface area contributed by atoms with E-state index < -0.39 is 48.0 Å². The van der Waals surface area contributed by atoms with E-state index in [2.05, 4.69) is 0 Å². The minimum Gasteiger partial charge on any atom is -0.480 e. The van der Waals surface area contributed by atoms with Crippen molar-refractivity contribution in [3.63, 3.8) is 0 Å². The molecule has 5 nitrogen and oxygen atoms in total. The molecule has 0 aromatic rings. The molecule has 108 valence electrons. The van der Waals surface area contributed by atoms with Crippen LogP contribution in [0.3, 0.4) is 0 Å². The van der Waals surface area contributed by atoms with Gasteiger partial charge in [-0.15, -0.1) is 0 Å². The summed E-state index contributed by atoms with van der Waals surface area (Å²) in [6, 6.07) is -2.58. The highest BCUT2D eigenvalue weighted by atomic mass is 19.3. The van der Waals surface area contributed by atoms with Gasteiger partial charge in [-0.25, -0.2) is 18.4 Å². The van der Waals surface area contributed by atoms with Gasteiger partial charge in [0.15, 0.2) is 0 Å². The summed E-state index contributed by atoms with van der Waals surface area (Å²) in [6.07, 6.45) is -1.44. The summed E-state index contributed by atoms with van der Waals surface area (Å²) in [4.78, 5) is 23.9. The van der Waals surface area contributed by atoms with Crippen LogP contribution in [0.4, 0.5) is 13.6 Å². The summed E-state index contributed by atoms with van der Waals surface area (Å²) in [5, 5.41) is 9.13. The molecule has 2 bridgehead atoms. The molecule has 1 N–H and O–H groups in total. The van der Waals surface area contributed by atoms with Crippen molar-refractivity contribution in [1.82, 2.24) is 4.90 Å². The smallest absolute Gasteiger partial charge is 0.411 e. The van der Waals surface area contributed by atoms with E-state index in [1.807, 2.05) is 0 Å². The molecule has 2 fully saturated rings. The Bertz CT molecular complexity index is 418. The maximum atomic E-state index is 13.7. The first-order chi connectivity index (χ1) is 8.53. The van der Waals surface area contributed by atoms with Crippen LogP contribution in [0.25, 0.3) is 0 Å². The highest BCUT2D eigenvalue weighted by molar-refractivity contribution is 5.82. The van der Waals surface area contributed by atoms with Gasteiger partial charge in [0.2, 0.25) is 0 Å². The molecule has 1 saturated heterocycles. The van der Waals surface area contributed by atoms with Crippen LogP contribution >= 0.6 is 0 Å². The first-order valence-corrected chi connectivity index (χ1v) is 6.15. The Kier molecular flexibility index (Phi) is 2.98. The highest BCUT2D eigenvalue weighted by Crippen LogP contribution is 2.51. The predicted molar refractivity (Wildman–Crippen MR) is 61.0 cm³/mol. The first kappa shape index (κ1) is 14.0. The van der Waals surface area contributed by atoms with Crippen molar-refractivity contribution in [2.24, 2.45) is 5.92 Å². The number of piperidine rings is 1. The van der Waals surface area contributed by atoms with Crippen LogP contribution < -0.4 is 0 Å². The molecule has 1 heterocycles. The van der Waals surface area contributed by atoms with Crippen LogP contribution in [-0.4, -0.2) is 45.7 Å². The summed E-state index contributed by atoms with van der Waals surface area (Å²) in [7, 11) is 0. The van der Waals surface area contributed by atoms with Gasteiger partial charge in [0.05, 0.1) is 6.04 Å². The standard InChI is InChI=1S/C12H17F2NO4/c1-11(2,3)19-10(18)15-7-4-6(5-12(7,13)14)8(15)9(16)17/h6-8H,4-5H2,1-3H3,(H,16,17)/t6-,7+,8+/m1/s1. The van der Waals surface area contributed by atoms with E-state index >= 15 is 0 Å². The molecule has 19 heavy (non-hydrogen) atoms. The fourth-order valence-electron chi connectivity index (χ4n) is 2.88. The summed E-state index contributed by atoms with van der Waals surface area (Å²) in [6.45, 7) is 4.81. The second kappa shape index (κ2) is 4.05. The Morgan fingerprint density at radius 2 is 1.95 bits per heavy atom. The van der Waals surface area contributed by atoms with Crippen molar-refractivity contribution >= 4 is 12.1 Å². The third-order valence-electron chi connectivity index (χ3n) is 3.49. The maximum Gasteiger partial charge on any atom is 0.411 e. The van der Waals surface area contributed by atoms with Gasteiger partial charge in [-0.05, 0) is 33.1 Å². The second-order valence-electron chi connectivity index (χ2n) is 6.15. The van der Waals surface area contributed by atoms with Crippen molar-refractivity contribution < 1.29 is 28.2 Å². The zero-order valence-corrected chi connectivity index (χ0v) is 11.0. The lowest BCUT2D eigenvalue weighted by Crippen LogP contribution is -2.56. The summed E-state index contributed by atoms with van der Waals surface area (Å²) in [5.41, 5.74) is -0.850. The normalized spacial score (nSPS) is 32.5. The summed E-state index contributed by atoms with van der Waals surface area (Å²) in [5.74, 6) is -4.99. The zero-order chi connectivity index (χ0) is 14.6. The second-order valence-corrected chi connectivity index (χ2v) is 6.15. The van der Waals surface area contributed by atoms with Gasteiger partial charge in [0.25, 0.3) is 5.92 Å². The number of rotatable bonds is 1. The molecule has 1 saturated carbocycles. The van der Waals surface area contributed by atoms with Crippen molar-refractivity contribution in [3.05, 3.63) is 0 Å². The van der Waals surface area contributed by atoms with Gasteiger partial charge in [0, 0.05) is 6.42 Å². The predicted octanol–water partition coefficient (Wildman–Crippen LogP) is 2.10. The fourth-order valence-corrected chi connectivity index (χ4v) is 2.88. The Hall–Kier alpha value is -1.40. The number of fused-ring (bicyclic) bond motifs is 2. The molecule has 7 heteroatoms. The molecule has 1 aliphatic carbocycles. The topological polar surface area (TPSA) is 66.8 Å². The molecule has 0 spiro atoms. The summed E-state index contributed by atoms with van der Waals surface area (Å²) >= 11 is 0. The van der Waals surface area contributed by atoms with Crippen LogP contribution in [0.15, 0.2) is 0 Å². The largest absolute Gasteiger partial charge is 0.480 e. The number of carboxylic acid groups (broad SMARTS) is 1. The van der Waals surface area contributed by atoms with Gasteiger partial charge in [0.1, 0.15) is 11.6 Å². The molecule has 2 rings (SSSR count). The molecule has 0 radical (unpaired) electrons. The van der Waals surface area contributed by atoms with Crippen LogP contribution in [0.1, 0.15) is 33.6 Å². The number of halogens is 2. The van der Waals surface area contributed by atoms with Gasteiger partial charge < -0.3 is 9.84 Å². The first-order valence-electron chi connectivity index (χ1n) is 6.15. The zero-order valence-electron chi connectivity index (χ0n) is 11.0. The lowest BCUT2D eigenvalue weighted by Gasteiger charge is -2.37. The molecule has 2 aliphatic rings. The fraction of sp³-hybridized carbons (Fsp3) is 0.833. The molecule has 0 aromatic heterocycles. The number of ether oxygens (including phenoxy) is 1. The lowest BCUT2D eigenvalue weighted by atomic mass is 9.97.